The zero-order valence-electron chi connectivity index (χ0n) is 15.5. The van der Waals surface area contributed by atoms with Gasteiger partial charge in [-0.15, -0.1) is 0 Å². The summed E-state index contributed by atoms with van der Waals surface area (Å²) in [5.41, 5.74) is 1.20. The molecule has 4 aromatic rings. The van der Waals surface area contributed by atoms with Crippen LogP contribution < -0.4 is 10.6 Å². The fourth-order valence-corrected chi connectivity index (χ4v) is 3.89. The third-order valence-corrected chi connectivity index (χ3v) is 5.43. The van der Waals surface area contributed by atoms with Gasteiger partial charge in [0.1, 0.15) is 0 Å². The molecule has 0 saturated carbocycles. The van der Waals surface area contributed by atoms with Crippen LogP contribution in [0.4, 0.5) is 11.4 Å². The monoisotopic (exact) mass is 398 g/mol. The van der Waals surface area contributed by atoms with E-state index in [1.54, 1.807) is 12.1 Å². The van der Waals surface area contributed by atoms with E-state index in [4.69, 9.17) is 0 Å². The lowest BCUT2D eigenvalue weighted by atomic mass is 10.1. The van der Waals surface area contributed by atoms with Gasteiger partial charge in [0.15, 0.2) is 0 Å². The van der Waals surface area contributed by atoms with Crippen LogP contribution >= 0.6 is 11.8 Å². The molecule has 0 bridgehead atoms. The molecule has 29 heavy (non-hydrogen) atoms. The highest BCUT2D eigenvalue weighted by Gasteiger charge is 2.17. The lowest BCUT2D eigenvalue weighted by Crippen LogP contribution is -2.29. The quantitative estimate of drug-likeness (QED) is 0.442. The second-order valence-corrected chi connectivity index (χ2v) is 7.46. The third kappa shape index (κ3) is 4.47. The van der Waals surface area contributed by atoms with Crippen LogP contribution in [0.15, 0.2) is 107 Å². The van der Waals surface area contributed by atoms with E-state index < -0.39 is 11.8 Å². The summed E-state index contributed by atoms with van der Waals surface area (Å²) in [7, 11) is 0. The van der Waals surface area contributed by atoms with Gasteiger partial charge >= 0.3 is 11.8 Å². The number of carbonyl (C=O) groups excluding carboxylic acids is 2. The fourth-order valence-electron chi connectivity index (χ4n) is 2.97. The van der Waals surface area contributed by atoms with E-state index in [0.717, 1.165) is 20.6 Å². The molecular weight excluding hydrogens is 380 g/mol. The minimum atomic E-state index is -0.709. The van der Waals surface area contributed by atoms with Crippen LogP contribution in [0.25, 0.3) is 10.8 Å². The van der Waals surface area contributed by atoms with Crippen molar-refractivity contribution < 1.29 is 9.59 Å². The van der Waals surface area contributed by atoms with Crippen molar-refractivity contribution in [3.8, 4) is 0 Å². The van der Waals surface area contributed by atoms with Crippen molar-refractivity contribution in [2.24, 2.45) is 0 Å². The summed E-state index contributed by atoms with van der Waals surface area (Å²) in [6.45, 7) is 0. The van der Waals surface area contributed by atoms with Crippen LogP contribution in [0.5, 0.6) is 0 Å². The van der Waals surface area contributed by atoms with Gasteiger partial charge < -0.3 is 10.6 Å². The number of benzene rings is 4. The Morgan fingerprint density at radius 2 is 1.17 bits per heavy atom. The highest BCUT2D eigenvalue weighted by atomic mass is 32.2. The molecule has 142 valence electrons. The third-order valence-electron chi connectivity index (χ3n) is 4.35. The van der Waals surface area contributed by atoms with Crippen LogP contribution in [0.2, 0.25) is 0 Å². The molecule has 2 N–H and O–H groups in total. The zero-order valence-corrected chi connectivity index (χ0v) is 16.3. The molecule has 0 aromatic heterocycles. The number of amides is 2. The van der Waals surface area contributed by atoms with Crippen molar-refractivity contribution in [1.82, 2.24) is 0 Å². The molecule has 5 heteroatoms. The minimum absolute atomic E-state index is 0.597. The Balaban J connectivity index is 1.50. The van der Waals surface area contributed by atoms with Crippen molar-refractivity contribution in [2.45, 2.75) is 9.79 Å². The van der Waals surface area contributed by atoms with Crippen molar-refractivity contribution in [1.29, 1.82) is 0 Å². The average molecular weight is 398 g/mol. The van der Waals surface area contributed by atoms with E-state index in [-0.39, 0.29) is 0 Å². The molecule has 0 aliphatic carbocycles. The second kappa shape index (κ2) is 8.63. The molecule has 0 aliphatic rings. The van der Waals surface area contributed by atoms with Gasteiger partial charge in [-0.1, -0.05) is 78.5 Å². The SMILES string of the molecule is O=C(Nc1ccccc1Sc1ccccc1)C(=O)Nc1cccc2ccccc12. The van der Waals surface area contributed by atoms with Crippen LogP contribution in [0, 0.1) is 0 Å². The summed E-state index contributed by atoms with van der Waals surface area (Å²) in [6, 6.07) is 30.6. The van der Waals surface area contributed by atoms with E-state index in [1.807, 2.05) is 84.9 Å². The van der Waals surface area contributed by atoms with E-state index in [9.17, 15) is 9.59 Å². The van der Waals surface area contributed by atoms with Crippen LogP contribution in [-0.4, -0.2) is 11.8 Å². The highest BCUT2D eigenvalue weighted by Crippen LogP contribution is 2.33. The largest absolute Gasteiger partial charge is 0.317 e. The zero-order chi connectivity index (χ0) is 20.1. The highest BCUT2D eigenvalue weighted by molar-refractivity contribution is 7.99. The summed E-state index contributed by atoms with van der Waals surface area (Å²) in [4.78, 5) is 26.9. The van der Waals surface area contributed by atoms with E-state index in [0.29, 0.717) is 11.4 Å². The van der Waals surface area contributed by atoms with E-state index in [2.05, 4.69) is 10.6 Å². The number of hydrogen-bond acceptors (Lipinski definition) is 3. The Morgan fingerprint density at radius 1 is 0.586 bits per heavy atom. The molecule has 2 amide bonds. The standard InChI is InChI=1S/C24H18N2O2S/c27-23(25-20-15-8-10-17-9-4-5-13-19(17)20)24(28)26-21-14-6-7-16-22(21)29-18-11-2-1-3-12-18/h1-16H,(H,25,27)(H,26,28). The summed E-state index contributed by atoms with van der Waals surface area (Å²) in [6.07, 6.45) is 0. The molecule has 0 saturated heterocycles. The van der Waals surface area contributed by atoms with Crippen molar-refractivity contribution in [3.63, 3.8) is 0 Å². The fraction of sp³-hybridized carbons (Fsp3) is 0. The maximum absolute atomic E-state index is 12.5. The number of carbonyl (C=O) groups is 2. The van der Waals surface area contributed by atoms with Crippen LogP contribution in [-0.2, 0) is 9.59 Å². The van der Waals surface area contributed by atoms with Gasteiger partial charge in [-0.3, -0.25) is 9.59 Å². The normalized spacial score (nSPS) is 10.5. The Hall–Kier alpha value is -3.57. The average Bonchev–Trinajstić information content (AvgIpc) is 2.76. The molecule has 0 radical (unpaired) electrons. The minimum Gasteiger partial charge on any atom is -0.317 e. The lowest BCUT2D eigenvalue weighted by molar-refractivity contribution is -0.133. The van der Waals surface area contributed by atoms with Crippen molar-refractivity contribution in [3.05, 3.63) is 97.1 Å². The summed E-state index contributed by atoms with van der Waals surface area (Å²) in [5, 5.41) is 7.32. The predicted molar refractivity (Wildman–Crippen MR) is 118 cm³/mol. The Kier molecular flexibility index (Phi) is 5.59. The van der Waals surface area contributed by atoms with Gasteiger partial charge in [0.2, 0.25) is 0 Å². The first-order valence-electron chi connectivity index (χ1n) is 9.13. The number of rotatable bonds is 4. The van der Waals surface area contributed by atoms with Gasteiger partial charge in [-0.2, -0.15) is 0 Å². The first kappa shape index (κ1) is 18.8. The summed E-state index contributed by atoms with van der Waals surface area (Å²) >= 11 is 1.53. The van der Waals surface area contributed by atoms with Gasteiger partial charge in [0, 0.05) is 20.9 Å². The second-order valence-electron chi connectivity index (χ2n) is 6.35. The van der Waals surface area contributed by atoms with Crippen LogP contribution in [0.1, 0.15) is 0 Å². The van der Waals surface area contributed by atoms with Gasteiger partial charge in [-0.05, 0) is 35.7 Å². The lowest BCUT2D eigenvalue weighted by Gasteiger charge is -2.12. The Bertz CT molecular complexity index is 1170. The molecule has 0 aliphatic heterocycles. The maximum Gasteiger partial charge on any atom is 0.314 e. The van der Waals surface area contributed by atoms with Crippen molar-refractivity contribution in [2.75, 3.05) is 10.6 Å². The summed E-state index contributed by atoms with van der Waals surface area (Å²) in [5.74, 6) is -1.42. The van der Waals surface area contributed by atoms with Gasteiger partial charge in [-0.25, -0.2) is 0 Å². The smallest absolute Gasteiger partial charge is 0.314 e. The number of nitrogens with one attached hydrogen (secondary N) is 2. The number of fused-ring (bicyclic) bond motifs is 1. The van der Waals surface area contributed by atoms with Crippen LogP contribution in [0.3, 0.4) is 0 Å². The molecule has 0 unspecified atom stereocenters. The molecule has 4 rings (SSSR count). The topological polar surface area (TPSA) is 58.2 Å². The van der Waals surface area contributed by atoms with E-state index >= 15 is 0 Å². The number of para-hydroxylation sites is 1. The molecule has 0 atom stereocenters. The van der Waals surface area contributed by atoms with Gasteiger partial charge in [0.25, 0.3) is 0 Å². The van der Waals surface area contributed by atoms with Crippen molar-refractivity contribution >= 4 is 45.7 Å². The molecule has 0 heterocycles. The molecular formula is C24H18N2O2S. The Morgan fingerprint density at radius 3 is 2.00 bits per heavy atom. The first-order valence-corrected chi connectivity index (χ1v) is 9.94. The number of hydrogen-bond donors (Lipinski definition) is 2. The number of anilines is 2. The molecule has 4 aromatic carbocycles. The summed E-state index contributed by atoms with van der Waals surface area (Å²) < 4.78 is 0. The predicted octanol–water partition coefficient (Wildman–Crippen LogP) is 5.57. The maximum atomic E-state index is 12.5. The molecule has 0 fully saturated rings. The van der Waals surface area contributed by atoms with Gasteiger partial charge in [0.05, 0.1) is 5.69 Å². The molecule has 0 spiro atoms. The van der Waals surface area contributed by atoms with E-state index in [1.165, 1.54) is 11.8 Å². The molecule has 4 nitrogen and oxygen atoms in total. The first-order chi connectivity index (χ1) is 14.2. The Labute approximate surface area is 173 Å².